The van der Waals surface area contributed by atoms with Crippen molar-refractivity contribution in [1.82, 2.24) is 15.1 Å². The third-order valence-electron chi connectivity index (χ3n) is 5.78. The number of carbonyl (C=O) groups excluding carboxylic acids is 2. The first-order valence-electron chi connectivity index (χ1n) is 10.8. The van der Waals surface area contributed by atoms with E-state index in [1.807, 2.05) is 30.0 Å². The molecule has 2 heterocycles. The molecule has 1 amide bonds. The highest BCUT2D eigenvalue weighted by Gasteiger charge is 2.27. The molecule has 2 aliphatic rings. The molecule has 0 atom stereocenters. The van der Waals surface area contributed by atoms with E-state index in [-0.39, 0.29) is 48.3 Å². The average molecular weight is 543 g/mol. The van der Waals surface area contributed by atoms with Crippen LogP contribution in [0.2, 0.25) is 0 Å². The van der Waals surface area contributed by atoms with E-state index >= 15 is 0 Å². The number of esters is 1. The minimum atomic E-state index is -0.138. The van der Waals surface area contributed by atoms with Crippen molar-refractivity contribution in [1.29, 1.82) is 0 Å². The molecule has 1 aromatic carbocycles. The zero-order valence-corrected chi connectivity index (χ0v) is 20.8. The quantitative estimate of drug-likeness (QED) is 0.264. The Morgan fingerprint density at radius 3 is 2.26 bits per heavy atom. The molecule has 0 bridgehead atoms. The number of rotatable bonds is 5. The molecule has 0 aliphatic carbocycles. The van der Waals surface area contributed by atoms with E-state index in [4.69, 9.17) is 4.74 Å². The number of amides is 1. The number of methoxy groups -OCH3 is 1. The van der Waals surface area contributed by atoms with E-state index in [9.17, 15) is 9.59 Å². The van der Waals surface area contributed by atoms with Gasteiger partial charge in [0.1, 0.15) is 6.54 Å². The maximum absolute atomic E-state index is 12.7. The van der Waals surface area contributed by atoms with Gasteiger partial charge in [-0.05, 0) is 31.9 Å². The Morgan fingerprint density at radius 2 is 1.68 bits per heavy atom. The van der Waals surface area contributed by atoms with Gasteiger partial charge in [-0.25, -0.2) is 4.99 Å². The first kappa shape index (κ1) is 25.2. The number of piperidine rings is 1. The lowest BCUT2D eigenvalue weighted by atomic mass is 9.97. The highest BCUT2D eigenvalue weighted by Crippen LogP contribution is 2.19. The number of nitrogens with zero attached hydrogens (tertiary/aromatic N) is 4. The molecule has 1 aromatic rings. The van der Waals surface area contributed by atoms with Crippen LogP contribution in [0.5, 0.6) is 0 Å². The van der Waals surface area contributed by atoms with E-state index in [1.54, 1.807) is 0 Å². The number of aliphatic imine (C=N–C) groups is 1. The Balaban J connectivity index is 0.00000341. The number of para-hydroxylation sites is 1. The summed E-state index contributed by atoms with van der Waals surface area (Å²) in [6, 6.07) is 10.3. The van der Waals surface area contributed by atoms with E-state index in [1.165, 1.54) is 12.8 Å². The second kappa shape index (κ2) is 12.7. The summed E-state index contributed by atoms with van der Waals surface area (Å²) in [5.74, 6) is 0.623. The van der Waals surface area contributed by atoms with Crippen molar-refractivity contribution in [2.75, 3.05) is 64.4 Å². The summed E-state index contributed by atoms with van der Waals surface area (Å²) in [4.78, 5) is 35.4. The Hall–Kier alpha value is -2.04. The average Bonchev–Trinajstić information content (AvgIpc) is 2.82. The van der Waals surface area contributed by atoms with Crippen molar-refractivity contribution in [2.24, 2.45) is 10.9 Å². The lowest BCUT2D eigenvalue weighted by Crippen LogP contribution is -2.50. The van der Waals surface area contributed by atoms with Crippen LogP contribution in [0.25, 0.3) is 0 Å². The Bertz CT molecular complexity index is 730. The molecule has 0 spiro atoms. The van der Waals surface area contributed by atoms with Crippen LogP contribution in [-0.4, -0.2) is 87.1 Å². The van der Waals surface area contributed by atoms with Gasteiger partial charge in [0.2, 0.25) is 5.91 Å². The van der Waals surface area contributed by atoms with Crippen molar-refractivity contribution >= 4 is 47.5 Å². The molecule has 0 aromatic heterocycles. The van der Waals surface area contributed by atoms with Crippen LogP contribution >= 0.6 is 24.0 Å². The minimum Gasteiger partial charge on any atom is -0.469 e. The Kier molecular flexibility index (Phi) is 10.4. The molecule has 8 nitrogen and oxygen atoms in total. The van der Waals surface area contributed by atoms with E-state index in [0.717, 1.165) is 51.5 Å². The topological polar surface area (TPSA) is 77.5 Å². The molecule has 2 saturated heterocycles. The van der Waals surface area contributed by atoms with Gasteiger partial charge in [0.05, 0.1) is 13.0 Å². The summed E-state index contributed by atoms with van der Waals surface area (Å²) in [7, 11) is 1.44. The van der Waals surface area contributed by atoms with Crippen molar-refractivity contribution in [3.05, 3.63) is 30.3 Å². The number of ether oxygens (including phenoxy) is 1. The van der Waals surface area contributed by atoms with Gasteiger partial charge in [-0.3, -0.25) is 9.59 Å². The number of hydrogen-bond acceptors (Lipinski definition) is 5. The molecule has 31 heavy (non-hydrogen) atoms. The van der Waals surface area contributed by atoms with Gasteiger partial charge in [0.25, 0.3) is 0 Å². The molecule has 1 N–H and O–H groups in total. The summed E-state index contributed by atoms with van der Waals surface area (Å²) in [5.41, 5.74) is 1.20. The van der Waals surface area contributed by atoms with Gasteiger partial charge in [0, 0.05) is 51.5 Å². The molecule has 0 saturated carbocycles. The zero-order valence-electron chi connectivity index (χ0n) is 18.5. The molecule has 0 unspecified atom stereocenters. The van der Waals surface area contributed by atoms with E-state index in [0.29, 0.717) is 13.1 Å². The number of anilines is 1. The smallest absolute Gasteiger partial charge is 0.308 e. The summed E-state index contributed by atoms with van der Waals surface area (Å²) >= 11 is 0. The number of hydrogen-bond donors (Lipinski definition) is 1. The molecule has 2 aliphatic heterocycles. The summed E-state index contributed by atoms with van der Waals surface area (Å²) < 4.78 is 4.86. The second-order valence-electron chi connectivity index (χ2n) is 7.66. The van der Waals surface area contributed by atoms with Crippen LogP contribution in [0.3, 0.4) is 0 Å². The normalized spacial score (nSPS) is 17.7. The molecular formula is C22H34IN5O3. The third kappa shape index (κ3) is 6.98. The summed E-state index contributed by atoms with van der Waals surface area (Å²) in [5, 5.41) is 3.28. The number of likely N-dealkylation sites (tertiary alicyclic amines) is 1. The number of halogens is 1. The van der Waals surface area contributed by atoms with Gasteiger partial charge in [-0.2, -0.15) is 0 Å². The van der Waals surface area contributed by atoms with Gasteiger partial charge in [0.15, 0.2) is 5.96 Å². The molecule has 9 heteroatoms. The number of carbonyl (C=O) groups is 2. The fraction of sp³-hybridized carbons (Fsp3) is 0.591. The fourth-order valence-corrected chi connectivity index (χ4v) is 4.01. The van der Waals surface area contributed by atoms with Gasteiger partial charge < -0.3 is 24.8 Å². The third-order valence-corrected chi connectivity index (χ3v) is 5.78. The van der Waals surface area contributed by atoms with Crippen molar-refractivity contribution in [3.8, 4) is 0 Å². The largest absolute Gasteiger partial charge is 0.469 e. The SMILES string of the molecule is CCNC(=NCC(=O)N1CCN(c2ccccc2)CC1)N1CCC(C(=O)OC)CC1.I. The first-order chi connectivity index (χ1) is 14.6. The van der Waals surface area contributed by atoms with Gasteiger partial charge in [-0.1, -0.05) is 18.2 Å². The number of guanidine groups is 1. The monoisotopic (exact) mass is 543 g/mol. The fourth-order valence-electron chi connectivity index (χ4n) is 4.01. The lowest BCUT2D eigenvalue weighted by molar-refractivity contribution is -0.146. The standard InChI is InChI=1S/C22H33N5O3.HI/c1-3-23-22(27-11-9-18(10-12-27)21(29)30-2)24-17-20(28)26-15-13-25(14-16-26)19-7-5-4-6-8-19;/h4-8,18H,3,9-17H2,1-2H3,(H,23,24);1H. The van der Waals surface area contributed by atoms with Crippen molar-refractivity contribution in [3.63, 3.8) is 0 Å². The van der Waals surface area contributed by atoms with E-state index in [2.05, 4.69) is 32.2 Å². The second-order valence-corrected chi connectivity index (χ2v) is 7.66. The lowest BCUT2D eigenvalue weighted by Gasteiger charge is -2.36. The maximum atomic E-state index is 12.7. The van der Waals surface area contributed by atoms with Crippen LogP contribution in [0, 0.1) is 5.92 Å². The van der Waals surface area contributed by atoms with Crippen LogP contribution in [-0.2, 0) is 14.3 Å². The summed E-state index contributed by atoms with van der Waals surface area (Å²) in [6.07, 6.45) is 1.49. The Morgan fingerprint density at radius 1 is 1.03 bits per heavy atom. The number of nitrogens with one attached hydrogen (secondary N) is 1. The molecule has 2 fully saturated rings. The minimum absolute atomic E-state index is 0. The predicted octanol–water partition coefficient (Wildman–Crippen LogP) is 1.80. The van der Waals surface area contributed by atoms with Crippen LogP contribution in [0.1, 0.15) is 19.8 Å². The zero-order chi connectivity index (χ0) is 21.3. The maximum Gasteiger partial charge on any atom is 0.308 e. The van der Waals surface area contributed by atoms with Gasteiger partial charge in [-0.15, -0.1) is 24.0 Å². The molecule has 3 rings (SSSR count). The molecule has 0 radical (unpaired) electrons. The molecular weight excluding hydrogens is 509 g/mol. The van der Waals surface area contributed by atoms with Gasteiger partial charge >= 0.3 is 5.97 Å². The predicted molar refractivity (Wildman–Crippen MR) is 133 cm³/mol. The highest BCUT2D eigenvalue weighted by atomic mass is 127. The first-order valence-corrected chi connectivity index (χ1v) is 10.8. The Labute approximate surface area is 202 Å². The summed E-state index contributed by atoms with van der Waals surface area (Å²) in [6.45, 7) is 7.45. The number of piperazine rings is 1. The van der Waals surface area contributed by atoms with E-state index < -0.39 is 0 Å². The van der Waals surface area contributed by atoms with Crippen molar-refractivity contribution in [2.45, 2.75) is 19.8 Å². The van der Waals surface area contributed by atoms with Crippen LogP contribution < -0.4 is 10.2 Å². The molecule has 172 valence electrons. The van der Waals surface area contributed by atoms with Crippen molar-refractivity contribution < 1.29 is 14.3 Å². The van der Waals surface area contributed by atoms with Crippen LogP contribution in [0.4, 0.5) is 5.69 Å². The van der Waals surface area contributed by atoms with Crippen LogP contribution in [0.15, 0.2) is 35.3 Å². The highest BCUT2D eigenvalue weighted by molar-refractivity contribution is 14.0. The number of benzene rings is 1.